The molecule has 28 heavy (non-hydrogen) atoms. The molecule has 2 heterocycles. The van der Waals surface area contributed by atoms with Crippen LogP contribution in [0.3, 0.4) is 0 Å². The second-order valence-corrected chi connectivity index (χ2v) is 9.03. The summed E-state index contributed by atoms with van der Waals surface area (Å²) in [6.07, 6.45) is 5.97. The molecule has 0 aliphatic carbocycles. The number of anilines is 1. The molecule has 1 aromatic carbocycles. The number of nitrogens with zero attached hydrogens (tertiary/aromatic N) is 2. The third kappa shape index (κ3) is 5.95. The van der Waals surface area contributed by atoms with Crippen LogP contribution in [0, 0.1) is 5.82 Å². The number of thioether (sulfide) groups is 1. The molecule has 7 heteroatoms. The predicted octanol–water partition coefficient (Wildman–Crippen LogP) is 3.36. The van der Waals surface area contributed by atoms with Gasteiger partial charge in [0, 0.05) is 24.8 Å². The quantitative estimate of drug-likeness (QED) is 0.753. The van der Waals surface area contributed by atoms with Crippen molar-refractivity contribution in [1.29, 1.82) is 0 Å². The molecule has 2 atom stereocenters. The van der Waals surface area contributed by atoms with Gasteiger partial charge in [0.25, 0.3) is 0 Å². The summed E-state index contributed by atoms with van der Waals surface area (Å²) >= 11 is 1.36. The molecule has 0 aromatic heterocycles. The van der Waals surface area contributed by atoms with Crippen LogP contribution in [0.25, 0.3) is 0 Å². The van der Waals surface area contributed by atoms with E-state index < -0.39 is 0 Å². The lowest BCUT2D eigenvalue weighted by molar-refractivity contribution is -0.131. The summed E-state index contributed by atoms with van der Waals surface area (Å²) in [6.45, 7) is 5.98. The smallest absolute Gasteiger partial charge is 0.235 e. The zero-order valence-electron chi connectivity index (χ0n) is 16.5. The second kappa shape index (κ2) is 10.3. The van der Waals surface area contributed by atoms with E-state index in [0.717, 1.165) is 39.0 Å². The van der Waals surface area contributed by atoms with Gasteiger partial charge < -0.3 is 15.1 Å². The van der Waals surface area contributed by atoms with Gasteiger partial charge in [0.15, 0.2) is 0 Å². The number of likely N-dealkylation sites (tertiary alicyclic amines) is 2. The Morgan fingerprint density at radius 1 is 1.14 bits per heavy atom. The molecule has 2 unspecified atom stereocenters. The van der Waals surface area contributed by atoms with Gasteiger partial charge in [-0.25, -0.2) is 4.39 Å². The van der Waals surface area contributed by atoms with Gasteiger partial charge in [-0.1, -0.05) is 6.42 Å². The third-order valence-corrected chi connectivity index (χ3v) is 6.65. The Kier molecular flexibility index (Phi) is 7.73. The number of hydrogen-bond acceptors (Lipinski definition) is 4. The highest BCUT2D eigenvalue weighted by Gasteiger charge is 2.33. The SMILES string of the molecule is CC(SCC(=O)Nc1ccc(F)cc1)C(=O)N1CCCC1CN1CCCCC1. The summed E-state index contributed by atoms with van der Waals surface area (Å²) in [5, 5.41) is 2.49. The van der Waals surface area contributed by atoms with Gasteiger partial charge in [0.2, 0.25) is 11.8 Å². The zero-order valence-corrected chi connectivity index (χ0v) is 17.3. The van der Waals surface area contributed by atoms with Crippen molar-refractivity contribution in [2.45, 2.75) is 50.3 Å². The summed E-state index contributed by atoms with van der Waals surface area (Å²) in [6, 6.07) is 5.99. The van der Waals surface area contributed by atoms with Crippen molar-refractivity contribution in [2.24, 2.45) is 0 Å². The molecule has 3 rings (SSSR count). The van der Waals surface area contributed by atoms with Crippen molar-refractivity contribution >= 4 is 29.3 Å². The predicted molar refractivity (Wildman–Crippen MR) is 112 cm³/mol. The summed E-state index contributed by atoms with van der Waals surface area (Å²) < 4.78 is 12.9. The first-order valence-corrected chi connectivity index (χ1v) is 11.3. The molecule has 0 radical (unpaired) electrons. The third-order valence-electron chi connectivity index (χ3n) is 5.52. The molecule has 154 valence electrons. The van der Waals surface area contributed by atoms with Crippen LogP contribution in [0.2, 0.25) is 0 Å². The first-order valence-electron chi connectivity index (χ1n) is 10.2. The Morgan fingerprint density at radius 3 is 2.57 bits per heavy atom. The fourth-order valence-corrected chi connectivity index (χ4v) is 4.74. The second-order valence-electron chi connectivity index (χ2n) is 7.70. The Morgan fingerprint density at radius 2 is 1.86 bits per heavy atom. The van der Waals surface area contributed by atoms with Crippen molar-refractivity contribution in [3.8, 4) is 0 Å². The van der Waals surface area contributed by atoms with E-state index in [1.54, 1.807) is 0 Å². The minimum atomic E-state index is -0.337. The topological polar surface area (TPSA) is 52.7 Å². The lowest BCUT2D eigenvalue weighted by Gasteiger charge is -2.34. The van der Waals surface area contributed by atoms with Crippen LogP contribution in [0.4, 0.5) is 10.1 Å². The molecule has 0 saturated carbocycles. The molecule has 5 nitrogen and oxygen atoms in total. The maximum absolute atomic E-state index is 12.9. The Hall–Kier alpha value is -1.60. The standard InChI is InChI=1S/C21H30FN3O2S/c1-16(28-15-20(26)23-18-9-7-17(22)8-10-18)21(27)25-13-5-6-19(25)14-24-11-3-2-4-12-24/h7-10,16,19H,2-6,11-15H2,1H3,(H,23,26). The van der Waals surface area contributed by atoms with Crippen LogP contribution in [-0.4, -0.2) is 64.8 Å². The maximum atomic E-state index is 12.9. The maximum Gasteiger partial charge on any atom is 0.235 e. The summed E-state index contributed by atoms with van der Waals surface area (Å²) in [7, 11) is 0. The average molecular weight is 408 g/mol. The van der Waals surface area contributed by atoms with E-state index in [9.17, 15) is 14.0 Å². The van der Waals surface area contributed by atoms with Gasteiger partial charge >= 0.3 is 0 Å². The summed E-state index contributed by atoms with van der Waals surface area (Å²) in [4.78, 5) is 29.6. The number of benzene rings is 1. The normalized spacial score (nSPS) is 21.5. The Labute approximate surface area is 171 Å². The van der Waals surface area contributed by atoms with Crippen LogP contribution < -0.4 is 5.32 Å². The number of nitrogens with one attached hydrogen (secondary N) is 1. The number of hydrogen-bond donors (Lipinski definition) is 1. The van der Waals surface area contributed by atoms with E-state index in [2.05, 4.69) is 10.2 Å². The fourth-order valence-electron chi connectivity index (χ4n) is 3.99. The minimum Gasteiger partial charge on any atom is -0.337 e. The number of rotatable bonds is 7. The van der Waals surface area contributed by atoms with Crippen LogP contribution >= 0.6 is 11.8 Å². The number of halogens is 1. The molecule has 2 amide bonds. The first-order chi connectivity index (χ1) is 13.5. The van der Waals surface area contributed by atoms with E-state index in [-0.39, 0.29) is 28.6 Å². The highest BCUT2D eigenvalue weighted by atomic mass is 32.2. The van der Waals surface area contributed by atoms with Crippen LogP contribution in [0.5, 0.6) is 0 Å². The molecular weight excluding hydrogens is 377 g/mol. The fraction of sp³-hybridized carbons (Fsp3) is 0.619. The number of piperidine rings is 1. The van der Waals surface area contributed by atoms with Crippen LogP contribution in [-0.2, 0) is 9.59 Å². The van der Waals surface area contributed by atoms with Gasteiger partial charge in [0.05, 0.1) is 11.0 Å². The molecule has 2 aliphatic heterocycles. The van der Waals surface area contributed by atoms with E-state index in [4.69, 9.17) is 0 Å². The molecular formula is C21H30FN3O2S. The van der Waals surface area contributed by atoms with Crippen molar-refractivity contribution in [3.05, 3.63) is 30.1 Å². The molecule has 2 aliphatic rings. The van der Waals surface area contributed by atoms with Crippen molar-refractivity contribution in [3.63, 3.8) is 0 Å². The zero-order chi connectivity index (χ0) is 19.9. The highest BCUT2D eigenvalue weighted by molar-refractivity contribution is 8.01. The molecule has 1 N–H and O–H groups in total. The summed E-state index contributed by atoms with van der Waals surface area (Å²) in [5.74, 6) is -0.174. The van der Waals surface area contributed by atoms with E-state index in [1.807, 2.05) is 11.8 Å². The Bertz CT molecular complexity index is 664. The number of carbonyl (C=O) groups excluding carboxylic acids is 2. The van der Waals surface area contributed by atoms with Gasteiger partial charge in [-0.05, 0) is 70.0 Å². The molecule has 2 fully saturated rings. The van der Waals surface area contributed by atoms with E-state index in [1.165, 1.54) is 55.3 Å². The lowest BCUT2D eigenvalue weighted by atomic mass is 10.1. The van der Waals surface area contributed by atoms with E-state index in [0.29, 0.717) is 11.7 Å². The number of carbonyl (C=O) groups is 2. The van der Waals surface area contributed by atoms with Gasteiger partial charge in [-0.15, -0.1) is 11.8 Å². The molecule has 1 aromatic rings. The van der Waals surface area contributed by atoms with Crippen LogP contribution in [0.1, 0.15) is 39.0 Å². The van der Waals surface area contributed by atoms with Crippen molar-refractivity contribution in [2.75, 3.05) is 37.2 Å². The minimum absolute atomic E-state index is 0.138. The largest absolute Gasteiger partial charge is 0.337 e. The van der Waals surface area contributed by atoms with Crippen LogP contribution in [0.15, 0.2) is 24.3 Å². The van der Waals surface area contributed by atoms with Gasteiger partial charge in [-0.3, -0.25) is 9.59 Å². The molecule has 0 bridgehead atoms. The molecule has 0 spiro atoms. The lowest BCUT2D eigenvalue weighted by Crippen LogP contribution is -2.47. The highest BCUT2D eigenvalue weighted by Crippen LogP contribution is 2.24. The summed E-state index contributed by atoms with van der Waals surface area (Å²) in [5.41, 5.74) is 0.562. The van der Waals surface area contributed by atoms with Crippen molar-refractivity contribution in [1.82, 2.24) is 9.80 Å². The van der Waals surface area contributed by atoms with Crippen molar-refractivity contribution < 1.29 is 14.0 Å². The van der Waals surface area contributed by atoms with Gasteiger partial charge in [-0.2, -0.15) is 0 Å². The Balaban J connectivity index is 1.44. The average Bonchev–Trinajstić information content (AvgIpc) is 3.16. The number of amides is 2. The van der Waals surface area contributed by atoms with Gasteiger partial charge in [0.1, 0.15) is 5.82 Å². The molecule has 2 saturated heterocycles. The monoisotopic (exact) mass is 407 g/mol. The first kappa shape index (κ1) is 21.1. The van der Waals surface area contributed by atoms with E-state index >= 15 is 0 Å².